The molecule has 1 aromatic rings. The first kappa shape index (κ1) is 15.1. The molecule has 5 heteroatoms. The zero-order chi connectivity index (χ0) is 13.3. The fraction of sp³-hybridized carbons (Fsp3) is 0.417. The van der Waals surface area contributed by atoms with Gasteiger partial charge in [-0.2, -0.15) is 0 Å². The predicted octanol–water partition coefficient (Wildman–Crippen LogP) is 1.81. The third-order valence-corrected chi connectivity index (χ3v) is 1.83. The summed E-state index contributed by atoms with van der Waals surface area (Å²) in [6, 6.07) is 3.76. The first-order chi connectivity index (χ1) is 8.16. The molecule has 0 aromatic carbocycles. The van der Waals surface area contributed by atoms with Crippen LogP contribution in [0.4, 0.5) is 0 Å². The van der Waals surface area contributed by atoms with E-state index in [2.05, 4.69) is 15.0 Å². The third kappa shape index (κ3) is 4.63. The van der Waals surface area contributed by atoms with Crippen LogP contribution in [0.5, 0.6) is 0 Å². The predicted molar refractivity (Wildman–Crippen MR) is 67.7 cm³/mol. The van der Waals surface area contributed by atoms with Crippen molar-refractivity contribution in [1.82, 2.24) is 9.88 Å². The number of amidine groups is 1. The minimum atomic E-state index is 0.280. The molecule has 0 bridgehead atoms. The molecule has 0 unspecified atom stereocenters. The van der Waals surface area contributed by atoms with E-state index in [0.29, 0.717) is 11.5 Å². The molecule has 1 heterocycles. The second kappa shape index (κ2) is 8.27. The molecule has 0 fully saturated rings. The molecule has 0 spiro atoms. The standard InChI is InChI=1S/C10H13N3O2.C2H6/c1-8-5-4-6-11-9(8)10(13(2)3)12-15-7-14;1-2/h4-7H,1-3H3;1-2H3/b12-10-;. The Labute approximate surface area is 102 Å². The quantitative estimate of drug-likeness (QED) is 0.264. The molecule has 94 valence electrons. The van der Waals surface area contributed by atoms with Crippen LogP contribution in [0.25, 0.3) is 0 Å². The summed E-state index contributed by atoms with van der Waals surface area (Å²) < 4.78 is 0. The molecule has 0 radical (unpaired) electrons. The lowest BCUT2D eigenvalue weighted by Gasteiger charge is -2.14. The SMILES string of the molecule is CC.Cc1cccnc1/C(=N/OC=O)N(C)C. The van der Waals surface area contributed by atoms with Crippen molar-refractivity contribution in [2.24, 2.45) is 5.16 Å². The van der Waals surface area contributed by atoms with Crippen molar-refractivity contribution in [3.63, 3.8) is 0 Å². The van der Waals surface area contributed by atoms with Gasteiger partial charge in [-0.1, -0.05) is 25.1 Å². The Morgan fingerprint density at radius 1 is 1.47 bits per heavy atom. The van der Waals surface area contributed by atoms with Crippen molar-refractivity contribution >= 4 is 12.3 Å². The summed E-state index contributed by atoms with van der Waals surface area (Å²) >= 11 is 0. The van der Waals surface area contributed by atoms with Gasteiger partial charge in [-0.15, -0.1) is 0 Å². The molecule has 0 aliphatic heterocycles. The topological polar surface area (TPSA) is 54.8 Å². The summed E-state index contributed by atoms with van der Waals surface area (Å²) in [5.41, 5.74) is 1.67. The van der Waals surface area contributed by atoms with Crippen LogP contribution in [0, 0.1) is 6.92 Å². The van der Waals surface area contributed by atoms with Gasteiger partial charge < -0.3 is 9.74 Å². The first-order valence-electron chi connectivity index (χ1n) is 5.43. The number of carbonyl (C=O) groups excluding carboxylic acids is 1. The van der Waals surface area contributed by atoms with Gasteiger partial charge >= 0.3 is 6.47 Å². The molecule has 0 saturated carbocycles. The minimum absolute atomic E-state index is 0.280. The van der Waals surface area contributed by atoms with Crippen molar-refractivity contribution in [3.05, 3.63) is 29.6 Å². The third-order valence-electron chi connectivity index (χ3n) is 1.83. The van der Waals surface area contributed by atoms with E-state index in [-0.39, 0.29) is 6.47 Å². The number of hydrogen-bond acceptors (Lipinski definition) is 4. The van der Waals surface area contributed by atoms with Crippen LogP contribution in [0.1, 0.15) is 25.1 Å². The molecule has 0 N–H and O–H groups in total. The van der Waals surface area contributed by atoms with E-state index in [1.165, 1.54) is 0 Å². The minimum Gasteiger partial charge on any atom is -0.358 e. The number of nitrogens with zero attached hydrogens (tertiary/aromatic N) is 3. The summed E-state index contributed by atoms with van der Waals surface area (Å²) in [6.07, 6.45) is 1.67. The van der Waals surface area contributed by atoms with Crippen molar-refractivity contribution < 1.29 is 9.63 Å². The summed E-state index contributed by atoms with van der Waals surface area (Å²) in [7, 11) is 3.61. The van der Waals surface area contributed by atoms with Crippen LogP contribution in [0.2, 0.25) is 0 Å². The van der Waals surface area contributed by atoms with E-state index < -0.39 is 0 Å². The molecule has 5 nitrogen and oxygen atoms in total. The van der Waals surface area contributed by atoms with E-state index in [0.717, 1.165) is 5.56 Å². The highest BCUT2D eigenvalue weighted by atomic mass is 16.7. The maximum Gasteiger partial charge on any atom is 0.323 e. The number of rotatable bonds is 3. The summed E-state index contributed by atoms with van der Waals surface area (Å²) in [6.45, 7) is 6.20. The van der Waals surface area contributed by atoms with E-state index in [1.54, 1.807) is 25.2 Å². The van der Waals surface area contributed by atoms with Gasteiger partial charge in [-0.25, -0.2) is 0 Å². The number of pyridine rings is 1. The average Bonchev–Trinajstić information content (AvgIpc) is 2.34. The average molecular weight is 237 g/mol. The summed E-state index contributed by atoms with van der Waals surface area (Å²) in [5.74, 6) is 0.514. The molecule has 1 rings (SSSR count). The second-order valence-corrected chi connectivity index (χ2v) is 3.18. The van der Waals surface area contributed by atoms with Gasteiger partial charge in [0.25, 0.3) is 0 Å². The number of aromatic nitrogens is 1. The van der Waals surface area contributed by atoms with Crippen LogP contribution in [0.15, 0.2) is 23.5 Å². The van der Waals surface area contributed by atoms with Crippen LogP contribution >= 0.6 is 0 Å². The van der Waals surface area contributed by atoms with E-state index in [1.807, 2.05) is 32.9 Å². The molecule has 0 amide bonds. The van der Waals surface area contributed by atoms with Gasteiger partial charge in [0.1, 0.15) is 5.69 Å². The zero-order valence-electron chi connectivity index (χ0n) is 11.0. The highest BCUT2D eigenvalue weighted by molar-refractivity contribution is 5.97. The Kier molecular flexibility index (Phi) is 7.34. The van der Waals surface area contributed by atoms with Crippen LogP contribution in [-0.4, -0.2) is 36.3 Å². The van der Waals surface area contributed by atoms with Gasteiger partial charge in [0.15, 0.2) is 5.84 Å². The maximum absolute atomic E-state index is 10.1. The van der Waals surface area contributed by atoms with Gasteiger partial charge in [-0.3, -0.25) is 9.78 Å². The molecule has 0 aliphatic carbocycles. The summed E-state index contributed by atoms with van der Waals surface area (Å²) in [4.78, 5) is 20.4. The van der Waals surface area contributed by atoms with Crippen LogP contribution in [0.3, 0.4) is 0 Å². The lowest BCUT2D eigenvalue weighted by Crippen LogP contribution is -2.25. The first-order valence-corrected chi connectivity index (χ1v) is 5.43. The smallest absolute Gasteiger partial charge is 0.323 e. The molecule has 0 atom stereocenters. The normalized spacial score (nSPS) is 10.1. The Morgan fingerprint density at radius 2 is 2.12 bits per heavy atom. The molecule has 0 aliphatic rings. The second-order valence-electron chi connectivity index (χ2n) is 3.18. The number of oxime groups is 1. The van der Waals surface area contributed by atoms with Gasteiger partial charge in [0.2, 0.25) is 0 Å². The lowest BCUT2D eigenvalue weighted by molar-refractivity contribution is -0.128. The highest BCUT2D eigenvalue weighted by Gasteiger charge is 2.10. The fourth-order valence-electron chi connectivity index (χ4n) is 1.13. The van der Waals surface area contributed by atoms with Crippen LogP contribution < -0.4 is 0 Å². The number of hydrogen-bond donors (Lipinski definition) is 0. The number of carbonyl (C=O) groups is 1. The van der Waals surface area contributed by atoms with Crippen molar-refractivity contribution in [1.29, 1.82) is 0 Å². The molecule has 0 saturated heterocycles. The van der Waals surface area contributed by atoms with Crippen LogP contribution in [-0.2, 0) is 9.63 Å². The van der Waals surface area contributed by atoms with Gasteiger partial charge in [-0.05, 0) is 18.6 Å². The largest absolute Gasteiger partial charge is 0.358 e. The van der Waals surface area contributed by atoms with E-state index in [9.17, 15) is 4.79 Å². The molecular formula is C12H19N3O2. The van der Waals surface area contributed by atoms with E-state index >= 15 is 0 Å². The van der Waals surface area contributed by atoms with Crippen molar-refractivity contribution in [2.45, 2.75) is 20.8 Å². The lowest BCUT2D eigenvalue weighted by atomic mass is 10.2. The Bertz CT molecular complexity index is 376. The Hall–Kier alpha value is -1.91. The Morgan fingerprint density at radius 3 is 2.59 bits per heavy atom. The van der Waals surface area contributed by atoms with Gasteiger partial charge in [0, 0.05) is 20.3 Å². The maximum atomic E-state index is 10.1. The Balaban J connectivity index is 0.00000121. The monoisotopic (exact) mass is 237 g/mol. The van der Waals surface area contributed by atoms with Crippen molar-refractivity contribution in [2.75, 3.05) is 14.1 Å². The number of aryl methyl sites for hydroxylation is 1. The highest BCUT2D eigenvalue weighted by Crippen LogP contribution is 2.06. The zero-order valence-corrected chi connectivity index (χ0v) is 11.0. The fourth-order valence-corrected chi connectivity index (χ4v) is 1.13. The van der Waals surface area contributed by atoms with E-state index in [4.69, 9.17) is 0 Å². The molecule has 1 aromatic heterocycles. The molecule has 17 heavy (non-hydrogen) atoms. The molecular weight excluding hydrogens is 218 g/mol. The summed E-state index contributed by atoms with van der Waals surface area (Å²) in [5, 5.41) is 3.68. The van der Waals surface area contributed by atoms with Crippen molar-refractivity contribution in [3.8, 4) is 0 Å². The van der Waals surface area contributed by atoms with Gasteiger partial charge in [0.05, 0.1) is 0 Å².